The Morgan fingerprint density at radius 2 is 1.38 bits per heavy atom. The number of anilines is 3. The average Bonchev–Trinajstić information content (AvgIpc) is 2.77. The van der Waals surface area contributed by atoms with Gasteiger partial charge in [0.25, 0.3) is 0 Å². The summed E-state index contributed by atoms with van der Waals surface area (Å²) in [4.78, 5) is 11.1. The maximum absolute atomic E-state index is 6.45. The Morgan fingerprint density at radius 3 is 1.97 bits per heavy atom. The molecule has 0 aliphatic carbocycles. The zero-order valence-electron chi connectivity index (χ0n) is 16.6. The Labute approximate surface area is 171 Å². The Kier molecular flexibility index (Phi) is 5.88. The summed E-state index contributed by atoms with van der Waals surface area (Å²) in [6, 6.07) is 20.5. The number of nitrogens with zero attached hydrogens (tertiary/aromatic N) is 4. The Balaban J connectivity index is 1.58. The van der Waals surface area contributed by atoms with E-state index >= 15 is 0 Å². The first kappa shape index (κ1) is 19.2. The van der Waals surface area contributed by atoms with Gasteiger partial charge >= 0.3 is 0 Å². The summed E-state index contributed by atoms with van der Waals surface area (Å²) < 4.78 is 0. The van der Waals surface area contributed by atoms with Crippen molar-refractivity contribution in [3.05, 3.63) is 78.1 Å². The van der Waals surface area contributed by atoms with E-state index in [0.717, 1.165) is 37.3 Å². The van der Waals surface area contributed by atoms with Gasteiger partial charge in [-0.1, -0.05) is 60.7 Å². The predicted octanol–water partition coefficient (Wildman–Crippen LogP) is 2.83. The van der Waals surface area contributed by atoms with E-state index in [0.29, 0.717) is 17.3 Å². The van der Waals surface area contributed by atoms with Crippen LogP contribution in [0.15, 0.2) is 67.0 Å². The van der Waals surface area contributed by atoms with Crippen LogP contribution < -0.4 is 16.5 Å². The van der Waals surface area contributed by atoms with Crippen molar-refractivity contribution in [2.24, 2.45) is 0 Å². The van der Waals surface area contributed by atoms with Gasteiger partial charge < -0.3 is 21.4 Å². The third kappa shape index (κ3) is 4.64. The fourth-order valence-corrected chi connectivity index (χ4v) is 3.45. The lowest BCUT2D eigenvalue weighted by Crippen LogP contribution is -2.47. The van der Waals surface area contributed by atoms with Crippen LogP contribution in [0.4, 0.5) is 17.3 Å². The van der Waals surface area contributed by atoms with Gasteiger partial charge in [-0.3, -0.25) is 0 Å². The Bertz CT molecular complexity index is 869. The van der Waals surface area contributed by atoms with E-state index in [1.807, 2.05) is 36.4 Å². The van der Waals surface area contributed by atoms with Gasteiger partial charge in [0.2, 0.25) is 0 Å². The lowest BCUT2D eigenvalue weighted by atomic mass is 9.99. The van der Waals surface area contributed by atoms with Crippen LogP contribution in [-0.4, -0.2) is 53.1 Å². The predicted molar refractivity (Wildman–Crippen MR) is 117 cm³/mol. The van der Waals surface area contributed by atoms with Crippen molar-refractivity contribution in [1.29, 1.82) is 0 Å². The highest BCUT2D eigenvalue weighted by molar-refractivity contribution is 5.74. The first-order valence-corrected chi connectivity index (χ1v) is 9.88. The number of hydrogen-bond acceptors (Lipinski definition) is 7. The maximum Gasteiger partial charge on any atom is 0.169 e. The van der Waals surface area contributed by atoms with E-state index in [9.17, 15) is 0 Å². The van der Waals surface area contributed by atoms with Gasteiger partial charge in [-0.25, -0.2) is 15.0 Å². The third-order valence-electron chi connectivity index (χ3n) is 5.20. The molecule has 7 heteroatoms. The van der Waals surface area contributed by atoms with E-state index in [2.05, 4.69) is 61.9 Å². The fourth-order valence-electron chi connectivity index (χ4n) is 3.45. The van der Waals surface area contributed by atoms with Gasteiger partial charge in [0.1, 0.15) is 12.0 Å². The van der Waals surface area contributed by atoms with Crippen LogP contribution >= 0.6 is 0 Å². The Morgan fingerprint density at radius 1 is 0.828 bits per heavy atom. The molecule has 0 atom stereocenters. The molecule has 29 heavy (non-hydrogen) atoms. The van der Waals surface area contributed by atoms with Crippen molar-refractivity contribution in [2.45, 2.75) is 6.04 Å². The standard InChI is InChI=1S/C22H27N7/c1-28-12-14-29(15-13-28)27-22-19(23)21(24-16-25-22)26-20(17-8-4-2-5-9-17)18-10-6-3-7-11-18/h2-11,16,20H,12-15,23H2,1H3,(H2,24,25,26,27). The zero-order valence-corrected chi connectivity index (χ0v) is 16.6. The monoisotopic (exact) mass is 389 g/mol. The molecule has 0 amide bonds. The molecule has 0 spiro atoms. The topological polar surface area (TPSA) is 82.3 Å². The number of hydrogen-bond donors (Lipinski definition) is 3. The molecule has 0 radical (unpaired) electrons. The molecule has 0 bridgehead atoms. The molecular weight excluding hydrogens is 362 g/mol. The van der Waals surface area contributed by atoms with Gasteiger partial charge in [0.15, 0.2) is 11.6 Å². The number of nitrogens with two attached hydrogens (primary N) is 1. The van der Waals surface area contributed by atoms with Crippen LogP contribution in [0.25, 0.3) is 0 Å². The number of rotatable bonds is 6. The second kappa shape index (κ2) is 8.89. The highest BCUT2D eigenvalue weighted by Gasteiger charge is 2.19. The molecule has 2 aromatic carbocycles. The molecule has 150 valence electrons. The van der Waals surface area contributed by atoms with E-state index < -0.39 is 0 Å². The first-order valence-electron chi connectivity index (χ1n) is 9.88. The maximum atomic E-state index is 6.45. The zero-order chi connectivity index (χ0) is 20.1. The number of aromatic nitrogens is 2. The molecule has 0 unspecified atom stereocenters. The molecule has 4 N–H and O–H groups in total. The molecule has 1 saturated heterocycles. The summed E-state index contributed by atoms with van der Waals surface area (Å²) >= 11 is 0. The van der Waals surface area contributed by atoms with Crippen molar-refractivity contribution in [3.8, 4) is 0 Å². The van der Waals surface area contributed by atoms with Gasteiger partial charge in [0.05, 0.1) is 6.04 Å². The van der Waals surface area contributed by atoms with E-state index in [-0.39, 0.29) is 6.04 Å². The number of hydrazine groups is 1. The van der Waals surface area contributed by atoms with Crippen molar-refractivity contribution in [2.75, 3.05) is 49.7 Å². The minimum Gasteiger partial charge on any atom is -0.393 e. The summed E-state index contributed by atoms with van der Waals surface area (Å²) in [5.74, 6) is 1.25. The molecule has 1 aliphatic heterocycles. The van der Waals surface area contributed by atoms with Gasteiger partial charge in [0, 0.05) is 26.2 Å². The van der Waals surface area contributed by atoms with E-state index in [1.54, 1.807) is 6.33 Å². The van der Waals surface area contributed by atoms with Crippen LogP contribution in [0.3, 0.4) is 0 Å². The number of likely N-dealkylation sites (N-methyl/N-ethyl adjacent to an activating group) is 1. The quantitative estimate of drug-likeness (QED) is 0.598. The smallest absolute Gasteiger partial charge is 0.169 e. The molecule has 1 aromatic heterocycles. The minimum atomic E-state index is -0.0638. The highest BCUT2D eigenvalue weighted by atomic mass is 15.5. The van der Waals surface area contributed by atoms with Crippen LogP contribution in [0.2, 0.25) is 0 Å². The van der Waals surface area contributed by atoms with Crippen molar-refractivity contribution < 1.29 is 0 Å². The second-order valence-corrected chi connectivity index (χ2v) is 7.29. The fraction of sp³-hybridized carbons (Fsp3) is 0.273. The largest absolute Gasteiger partial charge is 0.393 e. The molecule has 2 heterocycles. The number of nitrogens with one attached hydrogen (secondary N) is 2. The molecule has 7 nitrogen and oxygen atoms in total. The van der Waals surface area contributed by atoms with E-state index in [4.69, 9.17) is 5.73 Å². The number of piperazine rings is 1. The van der Waals surface area contributed by atoms with Crippen LogP contribution in [0.1, 0.15) is 17.2 Å². The van der Waals surface area contributed by atoms with Gasteiger partial charge in [-0.2, -0.15) is 0 Å². The average molecular weight is 390 g/mol. The van der Waals surface area contributed by atoms with Crippen molar-refractivity contribution in [3.63, 3.8) is 0 Å². The second-order valence-electron chi connectivity index (χ2n) is 7.29. The summed E-state index contributed by atoms with van der Waals surface area (Å²) in [5, 5.41) is 5.67. The number of nitrogen functional groups attached to an aromatic ring is 1. The summed E-state index contributed by atoms with van der Waals surface area (Å²) in [6.07, 6.45) is 1.55. The summed E-state index contributed by atoms with van der Waals surface area (Å²) in [5.41, 5.74) is 12.6. The van der Waals surface area contributed by atoms with E-state index in [1.165, 1.54) is 0 Å². The molecule has 1 fully saturated rings. The summed E-state index contributed by atoms with van der Waals surface area (Å²) in [7, 11) is 2.13. The molecule has 3 aromatic rings. The van der Waals surface area contributed by atoms with Crippen molar-refractivity contribution in [1.82, 2.24) is 19.9 Å². The van der Waals surface area contributed by atoms with Crippen LogP contribution in [0.5, 0.6) is 0 Å². The van der Waals surface area contributed by atoms with Crippen LogP contribution in [0, 0.1) is 0 Å². The number of benzene rings is 2. The van der Waals surface area contributed by atoms with Crippen molar-refractivity contribution >= 4 is 17.3 Å². The highest BCUT2D eigenvalue weighted by Crippen LogP contribution is 2.30. The summed E-state index contributed by atoms with van der Waals surface area (Å²) in [6.45, 7) is 3.85. The Hall–Kier alpha value is -3.16. The molecular formula is C22H27N7. The lowest BCUT2D eigenvalue weighted by Gasteiger charge is -2.33. The van der Waals surface area contributed by atoms with Crippen LogP contribution in [-0.2, 0) is 0 Å². The minimum absolute atomic E-state index is 0.0638. The normalized spacial score (nSPS) is 15.4. The SMILES string of the molecule is CN1CCN(Nc2ncnc(NC(c3ccccc3)c3ccccc3)c2N)CC1. The molecule has 1 aliphatic rings. The molecule has 4 rings (SSSR count). The first-order chi connectivity index (χ1) is 14.2. The third-order valence-corrected chi connectivity index (χ3v) is 5.20. The lowest BCUT2D eigenvalue weighted by molar-refractivity contribution is 0.178. The van der Waals surface area contributed by atoms with Gasteiger partial charge in [-0.05, 0) is 18.2 Å². The van der Waals surface area contributed by atoms with Gasteiger partial charge in [-0.15, -0.1) is 0 Å². The molecule has 0 saturated carbocycles.